The minimum Gasteiger partial charge on any atom is -0.479 e. The van der Waals surface area contributed by atoms with Gasteiger partial charge in [0, 0.05) is 17.8 Å². The van der Waals surface area contributed by atoms with Crippen molar-refractivity contribution in [3.63, 3.8) is 0 Å². The van der Waals surface area contributed by atoms with Crippen LogP contribution < -0.4 is 0 Å². The first kappa shape index (κ1) is 30.2. The number of aliphatic hydroxyl groups excluding tert-OH is 5. The molecule has 0 saturated heterocycles. The van der Waals surface area contributed by atoms with Crippen molar-refractivity contribution in [1.29, 1.82) is 0 Å². The van der Waals surface area contributed by atoms with E-state index < -0.39 is 42.4 Å². The van der Waals surface area contributed by atoms with Crippen molar-refractivity contribution in [3.05, 3.63) is 46.6 Å². The molecule has 7 nitrogen and oxygen atoms in total. The molecule has 0 radical (unpaired) electrons. The van der Waals surface area contributed by atoms with Crippen molar-refractivity contribution < 1.29 is 35.4 Å². The predicted molar refractivity (Wildman–Crippen MR) is 126 cm³/mol. The highest BCUT2D eigenvalue weighted by molar-refractivity contribution is 5.73. The average Bonchev–Trinajstić information content (AvgIpc) is 2.74. The Balaban J connectivity index is 5.35. The lowest BCUT2D eigenvalue weighted by Crippen LogP contribution is -2.35. The number of hydrogen-bond donors (Lipinski definition) is 6. The third kappa shape index (κ3) is 9.00. The van der Waals surface area contributed by atoms with Gasteiger partial charge in [0.15, 0.2) is 6.10 Å². The number of allylic oxidation sites excluding steroid dienone is 1. The maximum atomic E-state index is 10.8. The molecule has 0 aromatic carbocycles. The highest BCUT2D eigenvalue weighted by Gasteiger charge is 2.26. The van der Waals surface area contributed by atoms with Crippen LogP contribution in [0.15, 0.2) is 46.6 Å². The number of hydrogen-bond acceptors (Lipinski definition) is 6. The topological polar surface area (TPSA) is 138 Å². The van der Waals surface area contributed by atoms with E-state index in [9.17, 15) is 30.3 Å². The summed E-state index contributed by atoms with van der Waals surface area (Å²) in [4.78, 5) is 10.8. The first-order valence-corrected chi connectivity index (χ1v) is 11.0. The van der Waals surface area contributed by atoms with Crippen LogP contribution in [0.1, 0.15) is 55.4 Å². The normalized spacial score (nSPS) is 21.9. The molecule has 0 amide bonds. The van der Waals surface area contributed by atoms with Crippen molar-refractivity contribution >= 4 is 5.97 Å². The quantitative estimate of drug-likeness (QED) is 0.249. The van der Waals surface area contributed by atoms with Crippen LogP contribution in [0.5, 0.6) is 0 Å². The fourth-order valence-corrected chi connectivity index (χ4v) is 3.61. The summed E-state index contributed by atoms with van der Waals surface area (Å²) in [5, 5.41) is 59.8. The Hall–Kier alpha value is -1.77. The minimum atomic E-state index is -1.94. The van der Waals surface area contributed by atoms with E-state index in [1.807, 2.05) is 39.8 Å². The van der Waals surface area contributed by atoms with E-state index in [0.717, 1.165) is 11.1 Å². The van der Waals surface area contributed by atoms with E-state index in [0.29, 0.717) is 5.57 Å². The van der Waals surface area contributed by atoms with Crippen molar-refractivity contribution in [2.75, 3.05) is 0 Å². The first-order chi connectivity index (χ1) is 14.6. The molecular formula is C25H42O7. The molecule has 0 rings (SSSR count). The Labute approximate surface area is 192 Å². The summed E-state index contributed by atoms with van der Waals surface area (Å²) in [5.74, 6) is -2.44. The fourth-order valence-electron chi connectivity index (χ4n) is 3.61. The second kappa shape index (κ2) is 13.7. The number of aliphatic hydroxyl groups is 5. The average molecular weight is 455 g/mol. The second-order valence-electron chi connectivity index (χ2n) is 8.90. The van der Waals surface area contributed by atoms with E-state index in [1.54, 1.807) is 26.8 Å². The molecule has 0 saturated carbocycles. The van der Waals surface area contributed by atoms with Gasteiger partial charge in [-0.15, -0.1) is 0 Å². The molecule has 0 aliphatic heterocycles. The Bertz CT molecular complexity index is 735. The maximum Gasteiger partial charge on any atom is 0.335 e. The molecule has 0 aromatic rings. The Morgan fingerprint density at radius 2 is 0.844 bits per heavy atom. The molecule has 0 heterocycles. The number of carboxylic acids is 1. The van der Waals surface area contributed by atoms with E-state index >= 15 is 0 Å². The van der Waals surface area contributed by atoms with Crippen LogP contribution in [0.3, 0.4) is 0 Å². The largest absolute Gasteiger partial charge is 0.479 e. The summed E-state index contributed by atoms with van der Waals surface area (Å²) in [7, 11) is 0. The minimum absolute atomic E-state index is 0.163. The van der Waals surface area contributed by atoms with E-state index in [2.05, 4.69) is 0 Å². The Morgan fingerprint density at radius 1 is 0.562 bits per heavy atom. The van der Waals surface area contributed by atoms with Gasteiger partial charge in [0.1, 0.15) is 6.10 Å². The molecule has 0 aliphatic carbocycles. The van der Waals surface area contributed by atoms with Gasteiger partial charge in [-0.1, -0.05) is 45.1 Å². The van der Waals surface area contributed by atoms with Crippen LogP contribution in [0.4, 0.5) is 0 Å². The highest BCUT2D eigenvalue weighted by Crippen LogP contribution is 2.23. The van der Waals surface area contributed by atoms with Crippen molar-refractivity contribution in [2.24, 2.45) is 17.8 Å². The van der Waals surface area contributed by atoms with Gasteiger partial charge >= 0.3 is 5.97 Å². The molecule has 7 heteroatoms. The van der Waals surface area contributed by atoms with E-state index in [4.69, 9.17) is 5.11 Å². The molecule has 0 aliphatic rings. The molecule has 184 valence electrons. The van der Waals surface area contributed by atoms with E-state index in [-0.39, 0.29) is 17.4 Å². The summed E-state index contributed by atoms with van der Waals surface area (Å²) >= 11 is 0. The third-order valence-corrected chi connectivity index (χ3v) is 5.94. The Kier molecular flexibility index (Phi) is 12.9. The van der Waals surface area contributed by atoms with Crippen LogP contribution in [0, 0.1) is 17.8 Å². The summed E-state index contributed by atoms with van der Waals surface area (Å²) in [6, 6.07) is 0. The number of rotatable bonds is 12. The highest BCUT2D eigenvalue weighted by atomic mass is 16.4. The number of aliphatic carboxylic acids is 1. The monoisotopic (exact) mass is 454 g/mol. The standard InChI is InChI=1S/C25H42O7/c1-9-13(2)20(26)14(3)10-15(4)21(27)16(5)11-17(6)22(28)18(7)12-19(8)23(29)24(30)25(31)32/h9-12,14,16,18,20-24,26-30H,1-8H3,(H,31,32). The zero-order valence-electron chi connectivity index (χ0n) is 20.5. The molecule has 8 atom stereocenters. The van der Waals surface area contributed by atoms with Crippen molar-refractivity contribution in [3.8, 4) is 0 Å². The molecule has 0 bridgehead atoms. The van der Waals surface area contributed by atoms with Crippen LogP contribution in [0.2, 0.25) is 0 Å². The number of carbonyl (C=O) groups is 1. The third-order valence-electron chi connectivity index (χ3n) is 5.94. The lowest BCUT2D eigenvalue weighted by molar-refractivity contribution is -0.151. The SMILES string of the molecule is CC=C(C)C(O)C(C)C=C(C)C(O)C(C)C=C(C)C(O)C(C)C=C(C)C(O)C(O)C(=O)O. The van der Waals surface area contributed by atoms with Gasteiger partial charge < -0.3 is 30.6 Å². The van der Waals surface area contributed by atoms with Crippen LogP contribution in [-0.2, 0) is 4.79 Å². The van der Waals surface area contributed by atoms with Crippen LogP contribution in [0.25, 0.3) is 0 Å². The second-order valence-corrected chi connectivity index (χ2v) is 8.90. The van der Waals surface area contributed by atoms with Gasteiger partial charge in [0.2, 0.25) is 0 Å². The first-order valence-electron chi connectivity index (χ1n) is 11.0. The number of carboxylic acid groups (broad SMARTS) is 1. The lowest BCUT2D eigenvalue weighted by Gasteiger charge is -2.24. The van der Waals surface area contributed by atoms with Gasteiger partial charge in [0.05, 0.1) is 18.3 Å². The van der Waals surface area contributed by atoms with Gasteiger partial charge in [-0.3, -0.25) is 0 Å². The molecule has 8 unspecified atom stereocenters. The molecule has 32 heavy (non-hydrogen) atoms. The van der Waals surface area contributed by atoms with Crippen molar-refractivity contribution in [1.82, 2.24) is 0 Å². The summed E-state index contributed by atoms with van der Waals surface area (Å²) in [6.07, 6.45) is 1.16. The van der Waals surface area contributed by atoms with Gasteiger partial charge in [-0.05, 0) is 56.9 Å². The zero-order valence-corrected chi connectivity index (χ0v) is 20.5. The van der Waals surface area contributed by atoms with Crippen LogP contribution >= 0.6 is 0 Å². The lowest BCUT2D eigenvalue weighted by atomic mass is 9.88. The molecule has 0 aromatic heterocycles. The molecule has 0 fully saturated rings. The van der Waals surface area contributed by atoms with Crippen LogP contribution in [-0.4, -0.2) is 67.1 Å². The van der Waals surface area contributed by atoms with Crippen molar-refractivity contribution in [2.45, 2.75) is 85.9 Å². The van der Waals surface area contributed by atoms with E-state index in [1.165, 1.54) is 13.0 Å². The Morgan fingerprint density at radius 3 is 1.12 bits per heavy atom. The molecule has 6 N–H and O–H groups in total. The fraction of sp³-hybridized carbons (Fsp3) is 0.640. The molecule has 0 spiro atoms. The van der Waals surface area contributed by atoms with Gasteiger partial charge in [-0.2, -0.15) is 0 Å². The molecular weight excluding hydrogens is 412 g/mol. The summed E-state index contributed by atoms with van der Waals surface area (Å²) in [5.41, 5.74) is 2.45. The predicted octanol–water partition coefficient (Wildman–Crippen LogP) is 2.59. The van der Waals surface area contributed by atoms with Gasteiger partial charge in [-0.25, -0.2) is 4.79 Å². The smallest absolute Gasteiger partial charge is 0.335 e. The summed E-state index contributed by atoms with van der Waals surface area (Å²) < 4.78 is 0. The van der Waals surface area contributed by atoms with Gasteiger partial charge in [0.25, 0.3) is 0 Å². The maximum absolute atomic E-state index is 10.8. The zero-order chi connectivity index (χ0) is 25.3. The summed E-state index contributed by atoms with van der Waals surface area (Å²) in [6.45, 7) is 14.2.